The van der Waals surface area contributed by atoms with Crippen molar-refractivity contribution < 1.29 is 34.0 Å². The number of anilines is 1. The predicted molar refractivity (Wildman–Crippen MR) is 167 cm³/mol. The molecule has 0 spiro atoms. The summed E-state index contributed by atoms with van der Waals surface area (Å²) < 4.78 is 17.9. The van der Waals surface area contributed by atoms with Crippen LogP contribution in [0.5, 0.6) is 0 Å². The summed E-state index contributed by atoms with van der Waals surface area (Å²) in [5.41, 5.74) is 3.96. The van der Waals surface area contributed by atoms with E-state index < -0.39 is 24.4 Å². The largest absolute Gasteiger partial charge is 0.465 e. The van der Waals surface area contributed by atoms with Gasteiger partial charge in [-0.15, -0.1) is 0 Å². The van der Waals surface area contributed by atoms with Crippen LogP contribution in [0.15, 0.2) is 78.9 Å². The van der Waals surface area contributed by atoms with Crippen LogP contribution in [0.2, 0.25) is 0 Å². The van der Waals surface area contributed by atoms with Gasteiger partial charge in [0, 0.05) is 29.8 Å². The fourth-order valence-electron chi connectivity index (χ4n) is 5.21. The molecule has 1 fully saturated rings. The average molecular weight is 606 g/mol. The molecule has 10 nitrogen and oxygen atoms in total. The monoisotopic (exact) mass is 605 g/mol. The van der Waals surface area contributed by atoms with E-state index in [4.69, 9.17) is 14.2 Å². The molecule has 1 heterocycles. The van der Waals surface area contributed by atoms with Crippen LogP contribution in [-0.2, 0) is 25.6 Å². The van der Waals surface area contributed by atoms with Gasteiger partial charge in [0.05, 0.1) is 31.5 Å². The summed E-state index contributed by atoms with van der Waals surface area (Å²) in [4.78, 5) is 25.8. The van der Waals surface area contributed by atoms with Crippen molar-refractivity contribution in [1.82, 2.24) is 10.2 Å². The van der Waals surface area contributed by atoms with Crippen LogP contribution in [0.1, 0.15) is 61.5 Å². The summed E-state index contributed by atoms with van der Waals surface area (Å²) in [6.07, 6.45) is -1.88. The van der Waals surface area contributed by atoms with Crippen LogP contribution >= 0.6 is 0 Å². The second-order valence-corrected chi connectivity index (χ2v) is 11.1. The highest BCUT2D eigenvalue weighted by atomic mass is 16.7. The third-order valence-electron chi connectivity index (χ3n) is 8.02. The normalized spacial score (nSPS) is 21.3. The fourth-order valence-corrected chi connectivity index (χ4v) is 5.21. The lowest BCUT2D eigenvalue weighted by Gasteiger charge is -2.43. The molecule has 1 aliphatic rings. The number of aliphatic hydroxyl groups excluding tert-OH is 2. The van der Waals surface area contributed by atoms with E-state index in [1.807, 2.05) is 80.7 Å². The number of urea groups is 1. The zero-order valence-electron chi connectivity index (χ0n) is 25.7. The number of hydrogen-bond donors (Lipinski definition) is 4. The van der Waals surface area contributed by atoms with Crippen molar-refractivity contribution >= 4 is 17.7 Å². The number of nitrogens with one attached hydrogen (secondary N) is 2. The summed E-state index contributed by atoms with van der Waals surface area (Å²) in [6.45, 7) is 6.33. The Labute approximate surface area is 258 Å². The number of aliphatic hydroxyl groups is 2. The molecule has 3 aromatic rings. The molecule has 4 rings (SSSR count). The number of hydrogen-bond acceptors (Lipinski definition) is 8. The highest BCUT2D eigenvalue weighted by molar-refractivity contribution is 5.91. The molecule has 4 N–H and O–H groups in total. The van der Waals surface area contributed by atoms with Crippen molar-refractivity contribution in [2.24, 2.45) is 5.92 Å². The maximum absolute atomic E-state index is 12.2. The van der Waals surface area contributed by atoms with Crippen LogP contribution in [0, 0.1) is 5.92 Å². The number of rotatable bonds is 12. The Kier molecular flexibility index (Phi) is 11.9. The number of carbonyl (C=O) groups is 2. The Morgan fingerprint density at radius 1 is 0.977 bits per heavy atom. The van der Waals surface area contributed by atoms with Gasteiger partial charge in [-0.05, 0) is 49.7 Å². The van der Waals surface area contributed by atoms with Crippen LogP contribution in [-0.4, -0.2) is 66.0 Å². The third-order valence-corrected chi connectivity index (χ3v) is 8.02. The SMILES string of the molecule is CCOC(=O)CNC(=O)Nc1ccc([C@H]2O[C@@H](CN(C)[C@@H](C)[C@H](O)c3ccccc3)[C@@H](C)[C@@H](c3ccc(CO)cc3)O2)cc1. The van der Waals surface area contributed by atoms with Crippen molar-refractivity contribution in [2.45, 2.75) is 58.0 Å². The minimum atomic E-state index is -0.687. The van der Waals surface area contributed by atoms with E-state index in [0.717, 1.165) is 22.3 Å². The first-order chi connectivity index (χ1) is 21.2. The Morgan fingerprint density at radius 3 is 2.27 bits per heavy atom. The molecule has 3 aromatic carbocycles. The number of ether oxygens (including phenoxy) is 3. The van der Waals surface area contributed by atoms with Gasteiger partial charge >= 0.3 is 12.0 Å². The summed E-state index contributed by atoms with van der Waals surface area (Å²) in [7, 11) is 1.98. The predicted octanol–water partition coefficient (Wildman–Crippen LogP) is 4.71. The van der Waals surface area contributed by atoms with E-state index in [2.05, 4.69) is 22.5 Å². The van der Waals surface area contributed by atoms with Gasteiger partial charge in [-0.3, -0.25) is 9.69 Å². The van der Waals surface area contributed by atoms with Gasteiger partial charge in [0.2, 0.25) is 0 Å². The molecular weight excluding hydrogens is 562 g/mol. The Hall–Kier alpha value is -3.80. The molecule has 0 aromatic heterocycles. The Morgan fingerprint density at radius 2 is 1.64 bits per heavy atom. The molecule has 0 aliphatic carbocycles. The molecule has 0 saturated carbocycles. The maximum atomic E-state index is 12.2. The van der Waals surface area contributed by atoms with E-state index in [0.29, 0.717) is 12.2 Å². The van der Waals surface area contributed by atoms with Gasteiger partial charge in [-0.2, -0.15) is 0 Å². The van der Waals surface area contributed by atoms with E-state index >= 15 is 0 Å². The molecule has 0 radical (unpaired) electrons. The van der Waals surface area contributed by atoms with E-state index in [9.17, 15) is 19.8 Å². The molecule has 1 saturated heterocycles. The van der Waals surface area contributed by atoms with Gasteiger partial charge in [0.1, 0.15) is 6.54 Å². The van der Waals surface area contributed by atoms with Gasteiger partial charge in [0.15, 0.2) is 6.29 Å². The Bertz CT molecular complexity index is 1340. The topological polar surface area (TPSA) is 130 Å². The number of benzene rings is 3. The van der Waals surface area contributed by atoms with Crippen molar-refractivity contribution in [3.8, 4) is 0 Å². The molecule has 44 heavy (non-hydrogen) atoms. The maximum Gasteiger partial charge on any atom is 0.325 e. The first-order valence-electron chi connectivity index (χ1n) is 14.9. The molecule has 1 aliphatic heterocycles. The quantitative estimate of drug-likeness (QED) is 0.219. The van der Waals surface area contributed by atoms with Gasteiger partial charge < -0.3 is 35.1 Å². The zero-order chi connectivity index (χ0) is 31.6. The lowest BCUT2D eigenvalue weighted by molar-refractivity contribution is -0.276. The lowest BCUT2D eigenvalue weighted by Crippen LogP contribution is -2.46. The second-order valence-electron chi connectivity index (χ2n) is 11.1. The number of nitrogens with zero attached hydrogens (tertiary/aromatic N) is 1. The van der Waals surface area contributed by atoms with Crippen LogP contribution in [0.3, 0.4) is 0 Å². The standard InChI is InChI=1S/C34H43N3O7/c1-5-42-30(39)19-35-34(41)36-28-17-15-27(16-18-28)33-43-29(20-37(4)23(3)31(40)25-9-7-6-8-10-25)22(2)32(44-33)26-13-11-24(21-38)12-14-26/h6-18,22-23,29,31-33,38,40H,5,19-21H2,1-4H3,(H2,35,36,41)/t22-,23+,29+,31+,32+,33+/m1/s1. The molecule has 236 valence electrons. The van der Waals surface area contributed by atoms with Gasteiger partial charge in [0.25, 0.3) is 0 Å². The summed E-state index contributed by atoms with van der Waals surface area (Å²) >= 11 is 0. The van der Waals surface area contributed by atoms with Crippen LogP contribution in [0.25, 0.3) is 0 Å². The average Bonchev–Trinajstić information content (AvgIpc) is 3.05. The smallest absolute Gasteiger partial charge is 0.325 e. The molecule has 10 heteroatoms. The van der Waals surface area contributed by atoms with Crippen LogP contribution in [0.4, 0.5) is 10.5 Å². The van der Waals surface area contributed by atoms with E-state index in [-0.39, 0.29) is 43.9 Å². The molecule has 0 unspecified atom stereocenters. The number of esters is 1. The van der Waals surface area contributed by atoms with Gasteiger partial charge in [-0.25, -0.2) is 4.79 Å². The fraction of sp³-hybridized carbons (Fsp3) is 0.412. The molecular formula is C34H43N3O7. The van der Waals surface area contributed by atoms with E-state index in [1.54, 1.807) is 19.1 Å². The second kappa shape index (κ2) is 15.8. The van der Waals surface area contributed by atoms with Crippen molar-refractivity contribution in [3.63, 3.8) is 0 Å². The minimum absolute atomic E-state index is 0.0289. The zero-order valence-corrected chi connectivity index (χ0v) is 25.7. The summed E-state index contributed by atoms with van der Waals surface area (Å²) in [6, 6.07) is 23.8. The van der Waals surface area contributed by atoms with Gasteiger partial charge in [-0.1, -0.05) is 73.7 Å². The highest BCUT2D eigenvalue weighted by Gasteiger charge is 2.39. The first-order valence-corrected chi connectivity index (χ1v) is 14.9. The molecule has 0 bridgehead atoms. The summed E-state index contributed by atoms with van der Waals surface area (Å²) in [5, 5.41) is 25.8. The molecule has 6 atom stereocenters. The summed E-state index contributed by atoms with van der Waals surface area (Å²) in [5.74, 6) is -0.540. The van der Waals surface area contributed by atoms with Crippen molar-refractivity contribution in [3.05, 3.63) is 101 Å². The highest BCUT2D eigenvalue weighted by Crippen LogP contribution is 2.42. The first kappa shape index (κ1) is 33.1. The van der Waals surface area contributed by atoms with Crippen molar-refractivity contribution in [2.75, 3.05) is 32.1 Å². The lowest BCUT2D eigenvalue weighted by atomic mass is 9.89. The number of carbonyl (C=O) groups excluding carboxylic acids is 2. The number of amides is 2. The van der Waals surface area contributed by atoms with E-state index in [1.165, 1.54) is 0 Å². The van der Waals surface area contributed by atoms with Crippen LogP contribution < -0.4 is 10.6 Å². The number of likely N-dealkylation sites (N-methyl/N-ethyl adjacent to an activating group) is 1. The minimum Gasteiger partial charge on any atom is -0.465 e. The Balaban J connectivity index is 1.49. The molecule has 2 amide bonds. The third kappa shape index (κ3) is 8.64. The van der Waals surface area contributed by atoms with Crippen molar-refractivity contribution in [1.29, 1.82) is 0 Å².